The maximum Gasteiger partial charge on any atom is 0.123 e. The highest BCUT2D eigenvalue weighted by Gasteiger charge is 2.58. The van der Waals surface area contributed by atoms with Gasteiger partial charge in [0.05, 0.1) is 25.4 Å². The minimum Gasteiger partial charge on any atom is -0.394 e. The number of aliphatic hydroxyl groups is 6. The molecule has 1 saturated heterocycles. The number of fused-ring (bicyclic) bond motifs is 1. The summed E-state index contributed by atoms with van der Waals surface area (Å²) in [6.45, 7) is 12.2. The monoisotopic (exact) mass is 562 g/mol. The van der Waals surface area contributed by atoms with Crippen LogP contribution in [-0.4, -0.2) is 80.0 Å². The zero-order chi connectivity index (χ0) is 29.4. The maximum absolute atomic E-state index is 10.9. The van der Waals surface area contributed by atoms with Crippen molar-refractivity contribution in [2.75, 3.05) is 13.2 Å². The quantitative estimate of drug-likeness (QED) is 0.253. The Kier molecular flexibility index (Phi) is 10.1. The molecular formula is C33H54O7. The Morgan fingerprint density at radius 1 is 1.05 bits per heavy atom. The molecule has 1 heterocycles. The van der Waals surface area contributed by atoms with E-state index in [9.17, 15) is 30.6 Å². The van der Waals surface area contributed by atoms with Gasteiger partial charge in [-0.2, -0.15) is 0 Å². The lowest BCUT2D eigenvalue weighted by Crippen LogP contribution is -2.54. The molecular weight excluding hydrogens is 508 g/mol. The highest BCUT2D eigenvalue weighted by Crippen LogP contribution is 2.60. The number of hydrogen-bond acceptors (Lipinski definition) is 7. The van der Waals surface area contributed by atoms with Crippen LogP contribution >= 0.6 is 0 Å². The van der Waals surface area contributed by atoms with E-state index in [2.05, 4.69) is 46.4 Å². The molecule has 7 heteroatoms. The molecule has 40 heavy (non-hydrogen) atoms. The van der Waals surface area contributed by atoms with Crippen molar-refractivity contribution < 1.29 is 35.4 Å². The maximum atomic E-state index is 10.9. The van der Waals surface area contributed by atoms with E-state index in [1.807, 2.05) is 0 Å². The first kappa shape index (κ1) is 31.9. The first-order valence-corrected chi connectivity index (χ1v) is 15.6. The van der Waals surface area contributed by atoms with Crippen LogP contribution in [0.5, 0.6) is 0 Å². The second kappa shape index (κ2) is 12.7. The summed E-state index contributed by atoms with van der Waals surface area (Å²) in [5.74, 6) is 1.49. The van der Waals surface area contributed by atoms with Crippen LogP contribution in [0.4, 0.5) is 0 Å². The summed E-state index contributed by atoms with van der Waals surface area (Å²) in [4.78, 5) is 0. The van der Waals surface area contributed by atoms with Gasteiger partial charge in [0.2, 0.25) is 0 Å². The lowest BCUT2D eigenvalue weighted by molar-refractivity contribution is -0.162. The largest absolute Gasteiger partial charge is 0.394 e. The average molecular weight is 563 g/mol. The summed E-state index contributed by atoms with van der Waals surface area (Å²) in [5, 5.41) is 61.9. The van der Waals surface area contributed by atoms with Crippen molar-refractivity contribution in [1.82, 2.24) is 0 Å². The number of hydrogen-bond donors (Lipinski definition) is 6. The van der Waals surface area contributed by atoms with E-state index in [1.165, 1.54) is 18.4 Å². The van der Waals surface area contributed by atoms with Gasteiger partial charge in [-0.1, -0.05) is 58.4 Å². The summed E-state index contributed by atoms with van der Waals surface area (Å²) in [7, 11) is 0. The van der Waals surface area contributed by atoms with Gasteiger partial charge in [-0.3, -0.25) is 0 Å². The van der Waals surface area contributed by atoms with Crippen LogP contribution in [0.25, 0.3) is 0 Å². The first-order valence-electron chi connectivity index (χ1n) is 15.6. The second-order valence-corrected chi connectivity index (χ2v) is 14.0. The van der Waals surface area contributed by atoms with Gasteiger partial charge in [-0.25, -0.2) is 0 Å². The fourth-order valence-electron chi connectivity index (χ4n) is 9.08. The van der Waals surface area contributed by atoms with Crippen LogP contribution in [0.1, 0.15) is 85.5 Å². The Morgan fingerprint density at radius 2 is 1.77 bits per heavy atom. The summed E-state index contributed by atoms with van der Waals surface area (Å²) in [6.07, 6.45) is 8.17. The molecule has 0 aromatic heterocycles. The predicted molar refractivity (Wildman–Crippen MR) is 155 cm³/mol. The molecule has 228 valence electrons. The lowest BCUT2D eigenvalue weighted by atomic mass is 9.60. The summed E-state index contributed by atoms with van der Waals surface area (Å²) < 4.78 is 6.02. The molecule has 0 aromatic carbocycles. The normalized spacial score (nSPS) is 44.0. The molecule has 11 atom stereocenters. The summed E-state index contributed by atoms with van der Waals surface area (Å²) in [5.41, 5.74) is 2.09. The molecule has 0 amide bonds. The Balaban J connectivity index is 1.47. The Hall–Kier alpha value is -1.06. The molecule has 4 aliphatic rings. The van der Waals surface area contributed by atoms with Gasteiger partial charge in [-0.05, 0) is 91.1 Å². The summed E-state index contributed by atoms with van der Waals surface area (Å²) in [6, 6.07) is 0. The van der Waals surface area contributed by atoms with Crippen molar-refractivity contribution in [3.63, 3.8) is 0 Å². The van der Waals surface area contributed by atoms with Gasteiger partial charge in [0.15, 0.2) is 0 Å². The second-order valence-electron chi connectivity index (χ2n) is 14.0. The topological polar surface area (TPSA) is 131 Å². The minimum atomic E-state index is -1.28. The molecule has 0 bridgehead atoms. The summed E-state index contributed by atoms with van der Waals surface area (Å²) >= 11 is 0. The van der Waals surface area contributed by atoms with Crippen LogP contribution in [0.3, 0.4) is 0 Å². The molecule has 0 aromatic rings. The number of aliphatic hydroxyl groups excluding tert-OH is 6. The lowest BCUT2D eigenvalue weighted by Gasteiger charge is -2.45. The van der Waals surface area contributed by atoms with E-state index in [4.69, 9.17) is 4.74 Å². The molecule has 1 aliphatic heterocycles. The van der Waals surface area contributed by atoms with E-state index in [-0.39, 0.29) is 17.3 Å². The molecule has 6 N–H and O–H groups in total. The van der Waals surface area contributed by atoms with E-state index in [0.29, 0.717) is 30.6 Å². The zero-order valence-corrected chi connectivity index (χ0v) is 25.0. The molecule has 3 saturated carbocycles. The number of ether oxygens (including phenoxy) is 1. The van der Waals surface area contributed by atoms with Gasteiger partial charge in [0.25, 0.3) is 0 Å². The van der Waals surface area contributed by atoms with Crippen molar-refractivity contribution in [3.05, 3.63) is 35.5 Å². The molecule has 0 spiro atoms. The van der Waals surface area contributed by atoms with Crippen LogP contribution in [0.2, 0.25) is 0 Å². The highest BCUT2D eigenvalue weighted by molar-refractivity contribution is 5.38. The molecule has 7 nitrogen and oxygen atoms in total. The van der Waals surface area contributed by atoms with E-state index in [1.54, 1.807) is 0 Å². The Morgan fingerprint density at radius 3 is 2.40 bits per heavy atom. The molecule has 4 rings (SSSR count). The minimum absolute atomic E-state index is 0.120. The van der Waals surface area contributed by atoms with Crippen LogP contribution in [0, 0.1) is 35.0 Å². The van der Waals surface area contributed by atoms with Crippen LogP contribution in [-0.2, 0) is 4.74 Å². The third-order valence-electron chi connectivity index (χ3n) is 11.4. The fraction of sp³-hybridized carbons (Fsp3) is 0.818. The Labute approximate surface area is 240 Å². The molecule has 2 unspecified atom stereocenters. The third-order valence-corrected chi connectivity index (χ3v) is 11.4. The Bertz CT molecular complexity index is 958. The average Bonchev–Trinajstić information content (AvgIpc) is 3.39. The highest BCUT2D eigenvalue weighted by atomic mass is 16.6. The molecule has 3 aliphatic carbocycles. The molecule has 0 radical (unpaired) electrons. The van der Waals surface area contributed by atoms with Crippen molar-refractivity contribution in [2.45, 2.75) is 122 Å². The van der Waals surface area contributed by atoms with E-state index >= 15 is 0 Å². The van der Waals surface area contributed by atoms with Gasteiger partial charge in [0, 0.05) is 6.42 Å². The number of rotatable bonds is 9. The molecule has 4 fully saturated rings. The van der Waals surface area contributed by atoms with Crippen molar-refractivity contribution >= 4 is 0 Å². The van der Waals surface area contributed by atoms with Crippen molar-refractivity contribution in [1.29, 1.82) is 0 Å². The first-order chi connectivity index (χ1) is 18.9. The standard InChI is InChI=1S/C33H54O7/c1-19(2)25(33(18-35)31(39)30(38)29(17-34)40-33)11-8-20(3)26-12-13-27-22(7-6-14-32(26,27)5)9-10-23-15-24(36)16-28(37)21(23)4/h9-10,19-20,24-31,34-39H,4,6-8,11-18H2,1-3,5H3/b22-9?,23-10-/t20-,24-,25?,26-,27?,28-,29-,30-,31+,32-,33-/m1/s1. The zero-order valence-electron chi connectivity index (χ0n) is 25.0. The SMILES string of the molecule is C=C1/C(=C\C=C2CCC[C@@]3(C)C2CC[C@@H]3[C@H](C)CCC(C(C)C)[C@@]2(CO)O[C@H](CO)[C@@H](O)[C@@H]2O)C[C@@H](O)C[C@H]1O. The van der Waals surface area contributed by atoms with Crippen LogP contribution in [0.15, 0.2) is 35.5 Å². The third kappa shape index (κ3) is 5.77. The predicted octanol–water partition coefficient (Wildman–Crippen LogP) is 3.66. The van der Waals surface area contributed by atoms with Crippen molar-refractivity contribution in [2.24, 2.45) is 35.0 Å². The van der Waals surface area contributed by atoms with Gasteiger partial charge >= 0.3 is 0 Å². The van der Waals surface area contributed by atoms with Gasteiger partial charge < -0.3 is 35.4 Å². The van der Waals surface area contributed by atoms with E-state index < -0.39 is 49.3 Å². The number of allylic oxidation sites excluding steroid dienone is 3. The van der Waals surface area contributed by atoms with Gasteiger partial charge in [0.1, 0.15) is 23.9 Å². The van der Waals surface area contributed by atoms with Crippen LogP contribution < -0.4 is 0 Å². The fourth-order valence-corrected chi connectivity index (χ4v) is 9.08. The van der Waals surface area contributed by atoms with Crippen molar-refractivity contribution in [3.8, 4) is 0 Å². The smallest absolute Gasteiger partial charge is 0.123 e. The van der Waals surface area contributed by atoms with Gasteiger partial charge in [-0.15, -0.1) is 0 Å². The van der Waals surface area contributed by atoms with E-state index in [0.717, 1.165) is 43.3 Å².